The predicted octanol–water partition coefficient (Wildman–Crippen LogP) is 3.86. The third kappa shape index (κ3) is 7.84. The summed E-state index contributed by atoms with van der Waals surface area (Å²) < 4.78 is 10.2. The molecule has 0 saturated carbocycles. The molecule has 2 amide bonds. The molecule has 2 heterocycles. The Morgan fingerprint density at radius 1 is 0.979 bits per heavy atom. The summed E-state index contributed by atoms with van der Waals surface area (Å²) in [5.41, 5.74) is 3.86. The van der Waals surface area contributed by atoms with E-state index in [1.807, 2.05) is 49.1 Å². The number of hydrogen-bond donors (Lipinski definition) is 5. The van der Waals surface area contributed by atoms with Crippen LogP contribution in [0.3, 0.4) is 0 Å². The number of amides is 2. The second-order valence-corrected chi connectivity index (χ2v) is 11.6. The maximum absolute atomic E-state index is 13.9. The Balaban J connectivity index is 1.28. The van der Waals surface area contributed by atoms with Gasteiger partial charge in [-0.05, 0) is 80.3 Å². The van der Waals surface area contributed by atoms with Gasteiger partial charge in [-0.25, -0.2) is 4.98 Å². The minimum Gasteiger partial charge on any atom is -0.462 e. The zero-order valence-electron chi connectivity index (χ0n) is 26.9. The Morgan fingerprint density at radius 3 is 2.40 bits per heavy atom. The number of rotatable bonds is 13. The molecular weight excluding hydrogens is 598 g/mol. The highest BCUT2D eigenvalue weighted by Gasteiger charge is 2.41. The van der Waals surface area contributed by atoms with Gasteiger partial charge in [0, 0.05) is 37.0 Å². The lowest BCUT2D eigenvalue weighted by Gasteiger charge is -2.35. The van der Waals surface area contributed by atoms with E-state index < -0.39 is 11.5 Å². The Morgan fingerprint density at radius 2 is 1.70 bits per heavy atom. The van der Waals surface area contributed by atoms with Crippen LogP contribution in [0.15, 0.2) is 66.7 Å². The molecule has 4 aromatic rings. The number of aryl methyl sites for hydroxylation is 1. The van der Waals surface area contributed by atoms with E-state index in [1.54, 1.807) is 36.4 Å². The second-order valence-electron chi connectivity index (χ2n) is 11.6. The highest BCUT2D eigenvalue weighted by Crippen LogP contribution is 2.32. The van der Waals surface area contributed by atoms with E-state index in [1.165, 1.54) is 7.11 Å². The van der Waals surface area contributed by atoms with Crippen LogP contribution in [-0.4, -0.2) is 78.4 Å². The van der Waals surface area contributed by atoms with Crippen LogP contribution >= 0.6 is 0 Å². The molecule has 0 aliphatic carbocycles. The molecule has 3 aromatic carbocycles. The molecule has 0 unspecified atom stereocenters. The van der Waals surface area contributed by atoms with Gasteiger partial charge in [0.25, 0.3) is 5.91 Å². The number of nitrogens with one attached hydrogen (secondary N) is 5. The Kier molecular flexibility index (Phi) is 10.6. The number of carbonyl (C=O) groups is 3. The second kappa shape index (κ2) is 15.0. The standard InChI is InChI=1S/C35H41N7O5/c1-23-27(35(2,34(45)42-17-7-8-18-42)38-22-30(43)47-20-19-46-3)15-16-28-31(23)40-29(39-28)21-37-26-13-11-24(12-14-26)32(36)41-33(44)25-9-5-4-6-10-25/h4-6,9-16,37-38H,7-8,17-22H2,1-3H3,(H,39,40)(H2,36,41,44)/t35-/m1/s1. The zero-order valence-corrected chi connectivity index (χ0v) is 26.9. The highest BCUT2D eigenvalue weighted by atomic mass is 16.6. The van der Waals surface area contributed by atoms with Crippen molar-refractivity contribution in [2.24, 2.45) is 0 Å². The first-order chi connectivity index (χ1) is 22.7. The Bertz CT molecular complexity index is 1730. The van der Waals surface area contributed by atoms with Crippen molar-refractivity contribution in [2.75, 3.05) is 45.3 Å². The summed E-state index contributed by atoms with van der Waals surface area (Å²) in [5, 5.41) is 17.5. The number of esters is 1. The predicted molar refractivity (Wildman–Crippen MR) is 179 cm³/mol. The fourth-order valence-electron chi connectivity index (χ4n) is 5.74. The van der Waals surface area contributed by atoms with Crippen molar-refractivity contribution in [2.45, 2.75) is 38.8 Å². The Hall–Kier alpha value is -5.07. The summed E-state index contributed by atoms with van der Waals surface area (Å²) >= 11 is 0. The molecule has 1 saturated heterocycles. The highest BCUT2D eigenvalue weighted by molar-refractivity contribution is 6.11. The third-order valence-electron chi connectivity index (χ3n) is 8.36. The summed E-state index contributed by atoms with van der Waals surface area (Å²) in [4.78, 5) is 48.8. The van der Waals surface area contributed by atoms with Crippen LogP contribution in [0.5, 0.6) is 0 Å². The van der Waals surface area contributed by atoms with Crippen LogP contribution < -0.4 is 16.0 Å². The molecule has 47 heavy (non-hydrogen) atoms. The van der Waals surface area contributed by atoms with Gasteiger partial charge in [0.05, 0.1) is 30.7 Å². The largest absolute Gasteiger partial charge is 0.462 e. The van der Waals surface area contributed by atoms with Crippen LogP contribution in [0.2, 0.25) is 0 Å². The van der Waals surface area contributed by atoms with Crippen molar-refractivity contribution in [1.29, 1.82) is 5.41 Å². The van der Waals surface area contributed by atoms with E-state index in [-0.39, 0.29) is 30.8 Å². The number of hydrogen-bond acceptors (Lipinski definition) is 9. The average molecular weight is 640 g/mol. The van der Waals surface area contributed by atoms with Gasteiger partial charge in [0.15, 0.2) is 0 Å². The van der Waals surface area contributed by atoms with Gasteiger partial charge in [-0.3, -0.25) is 25.1 Å². The number of benzene rings is 3. The molecule has 12 heteroatoms. The first kappa shape index (κ1) is 33.3. The molecule has 1 atom stereocenters. The number of amidine groups is 1. The van der Waals surface area contributed by atoms with E-state index in [0.29, 0.717) is 43.2 Å². The molecule has 1 aliphatic heterocycles. The number of fused-ring (bicyclic) bond motifs is 1. The maximum Gasteiger partial charge on any atom is 0.320 e. The maximum atomic E-state index is 13.9. The number of H-pyrrole nitrogens is 1. The fraction of sp³-hybridized carbons (Fsp3) is 0.343. The van der Waals surface area contributed by atoms with Crippen LogP contribution in [0.4, 0.5) is 5.69 Å². The van der Waals surface area contributed by atoms with Crippen LogP contribution in [0.1, 0.15) is 52.6 Å². The zero-order chi connectivity index (χ0) is 33.4. The number of likely N-dealkylation sites (tertiary alicyclic amines) is 1. The normalized spacial score (nSPS) is 14.1. The van der Waals surface area contributed by atoms with E-state index >= 15 is 0 Å². The molecule has 246 valence electrons. The minimum atomic E-state index is -1.17. The first-order valence-electron chi connectivity index (χ1n) is 15.7. The Labute approximate surface area is 273 Å². The summed E-state index contributed by atoms with van der Waals surface area (Å²) in [6, 6.07) is 19.8. The van der Waals surface area contributed by atoms with Gasteiger partial charge in [-0.1, -0.05) is 24.3 Å². The molecule has 5 rings (SSSR count). The summed E-state index contributed by atoms with van der Waals surface area (Å²) in [6.07, 6.45) is 1.90. The summed E-state index contributed by atoms with van der Waals surface area (Å²) in [7, 11) is 1.54. The molecular formula is C35H41N7O5. The van der Waals surface area contributed by atoms with Gasteiger partial charge in [0.2, 0.25) is 5.91 Å². The first-order valence-corrected chi connectivity index (χ1v) is 15.7. The third-order valence-corrected chi connectivity index (χ3v) is 8.36. The number of aromatic nitrogens is 2. The topological polar surface area (TPSA) is 162 Å². The summed E-state index contributed by atoms with van der Waals surface area (Å²) in [6.45, 7) is 5.82. The molecule has 0 radical (unpaired) electrons. The van der Waals surface area contributed by atoms with Gasteiger partial charge in [0.1, 0.15) is 23.8 Å². The van der Waals surface area contributed by atoms with Crippen LogP contribution in [0, 0.1) is 12.3 Å². The van der Waals surface area contributed by atoms with Gasteiger partial charge >= 0.3 is 5.97 Å². The van der Waals surface area contributed by atoms with Gasteiger partial charge in [-0.2, -0.15) is 0 Å². The molecule has 12 nitrogen and oxygen atoms in total. The van der Waals surface area contributed by atoms with Crippen molar-refractivity contribution < 1.29 is 23.9 Å². The number of anilines is 1. The quantitative estimate of drug-likeness (QED) is 0.0638. The van der Waals surface area contributed by atoms with Crippen molar-refractivity contribution in [3.8, 4) is 0 Å². The number of nitrogens with zero attached hydrogens (tertiary/aromatic N) is 2. The smallest absolute Gasteiger partial charge is 0.320 e. The van der Waals surface area contributed by atoms with Crippen LogP contribution in [0.25, 0.3) is 11.0 Å². The molecule has 5 N–H and O–H groups in total. The van der Waals surface area contributed by atoms with E-state index in [2.05, 4.69) is 20.9 Å². The molecule has 1 aliphatic rings. The van der Waals surface area contributed by atoms with E-state index in [9.17, 15) is 14.4 Å². The van der Waals surface area contributed by atoms with Crippen LogP contribution in [-0.2, 0) is 31.1 Å². The lowest BCUT2D eigenvalue weighted by atomic mass is 9.86. The molecule has 1 fully saturated rings. The SMILES string of the molecule is COCCOC(=O)CN[C@@](C)(C(=O)N1CCCC1)c1ccc2[nH]c(CNc3ccc(C(=N)NC(=O)c4ccccc4)cc3)nc2c1C. The monoisotopic (exact) mass is 639 g/mol. The van der Waals surface area contributed by atoms with Crippen molar-refractivity contribution >= 4 is 40.3 Å². The van der Waals surface area contributed by atoms with Crippen molar-refractivity contribution in [3.05, 3.63) is 94.8 Å². The molecule has 0 spiro atoms. The number of ether oxygens (including phenoxy) is 2. The number of methoxy groups -OCH3 is 1. The van der Waals surface area contributed by atoms with E-state index in [4.69, 9.17) is 19.9 Å². The van der Waals surface area contributed by atoms with Gasteiger partial charge < -0.3 is 30.0 Å². The summed E-state index contributed by atoms with van der Waals surface area (Å²) in [5.74, 6) is -0.166. The molecule has 1 aromatic heterocycles. The van der Waals surface area contributed by atoms with Crippen molar-refractivity contribution in [1.82, 2.24) is 25.5 Å². The fourth-order valence-corrected chi connectivity index (χ4v) is 5.74. The van der Waals surface area contributed by atoms with E-state index in [0.717, 1.165) is 40.7 Å². The number of carbonyl (C=O) groups excluding carboxylic acids is 3. The van der Waals surface area contributed by atoms with Gasteiger partial charge in [-0.15, -0.1) is 0 Å². The number of aromatic amines is 1. The number of imidazole rings is 1. The lowest BCUT2D eigenvalue weighted by molar-refractivity contribution is -0.145. The minimum absolute atomic E-state index is 0.0154. The molecule has 0 bridgehead atoms. The average Bonchev–Trinajstić information content (AvgIpc) is 3.78. The van der Waals surface area contributed by atoms with Crippen molar-refractivity contribution in [3.63, 3.8) is 0 Å². The lowest BCUT2D eigenvalue weighted by Crippen LogP contribution is -2.54.